The van der Waals surface area contributed by atoms with Gasteiger partial charge in [-0.2, -0.15) is 4.98 Å². The highest BCUT2D eigenvalue weighted by atomic mass is 28.3. The van der Waals surface area contributed by atoms with E-state index < -0.39 is 8.07 Å². The van der Waals surface area contributed by atoms with Gasteiger partial charge in [-0.25, -0.2) is 4.98 Å². The first-order valence-electron chi connectivity index (χ1n) is 6.41. The van der Waals surface area contributed by atoms with Crippen molar-refractivity contribution in [2.45, 2.75) is 38.9 Å². The molecule has 0 unspecified atom stereocenters. The number of nitrogens with zero attached hydrogens (tertiary/aromatic N) is 2. The minimum Gasteiger partial charge on any atom is -0.481 e. The quantitative estimate of drug-likeness (QED) is 0.619. The highest BCUT2D eigenvalue weighted by Crippen LogP contribution is 2.31. The van der Waals surface area contributed by atoms with Crippen molar-refractivity contribution >= 4 is 8.07 Å². The van der Waals surface area contributed by atoms with E-state index in [0.29, 0.717) is 5.88 Å². The standard InChI is InChI=1S/C14H20N2OSi/c1-17-14-10-12(7-8-18(2,3)4)15-13(16-14)9-11-5-6-11/h10-11H,5-6,9H2,1-4H3. The van der Waals surface area contributed by atoms with Crippen LogP contribution in [0.1, 0.15) is 24.4 Å². The second-order valence-electron chi connectivity index (χ2n) is 5.86. The van der Waals surface area contributed by atoms with E-state index in [-0.39, 0.29) is 0 Å². The second-order valence-corrected chi connectivity index (χ2v) is 10.6. The van der Waals surface area contributed by atoms with Crippen LogP contribution in [-0.4, -0.2) is 25.2 Å². The molecule has 0 radical (unpaired) electrons. The summed E-state index contributed by atoms with van der Waals surface area (Å²) < 4.78 is 5.22. The molecule has 3 nitrogen and oxygen atoms in total. The van der Waals surface area contributed by atoms with Crippen molar-refractivity contribution in [2.75, 3.05) is 7.11 Å². The average molecular weight is 260 g/mol. The molecular formula is C14H20N2OSi. The smallest absolute Gasteiger partial charge is 0.217 e. The van der Waals surface area contributed by atoms with E-state index in [0.717, 1.165) is 23.9 Å². The van der Waals surface area contributed by atoms with Gasteiger partial charge in [0.15, 0.2) is 0 Å². The van der Waals surface area contributed by atoms with Gasteiger partial charge >= 0.3 is 0 Å². The molecule has 1 aliphatic rings. The summed E-state index contributed by atoms with van der Waals surface area (Å²) in [5.74, 6) is 5.44. The Labute approximate surface area is 110 Å². The van der Waals surface area contributed by atoms with Gasteiger partial charge < -0.3 is 4.74 Å². The van der Waals surface area contributed by atoms with Crippen molar-refractivity contribution in [3.8, 4) is 17.3 Å². The first kappa shape index (κ1) is 13.1. The summed E-state index contributed by atoms with van der Waals surface area (Å²) in [5, 5.41) is 0. The maximum absolute atomic E-state index is 5.22. The van der Waals surface area contributed by atoms with Crippen molar-refractivity contribution in [1.82, 2.24) is 9.97 Å². The van der Waals surface area contributed by atoms with E-state index in [1.165, 1.54) is 12.8 Å². The molecule has 1 heterocycles. The molecule has 1 aliphatic carbocycles. The first-order valence-corrected chi connectivity index (χ1v) is 9.91. The minimum atomic E-state index is -1.37. The Bertz CT molecular complexity index is 493. The van der Waals surface area contributed by atoms with Crippen LogP contribution in [0.15, 0.2) is 6.07 Å². The number of rotatable bonds is 3. The third-order valence-corrected chi connectivity index (χ3v) is 3.57. The zero-order valence-electron chi connectivity index (χ0n) is 11.6. The maximum Gasteiger partial charge on any atom is 0.217 e. The van der Waals surface area contributed by atoms with E-state index in [4.69, 9.17) is 4.74 Å². The van der Waals surface area contributed by atoms with Crippen LogP contribution < -0.4 is 4.74 Å². The van der Waals surface area contributed by atoms with Crippen LogP contribution in [0.25, 0.3) is 0 Å². The highest BCUT2D eigenvalue weighted by molar-refractivity contribution is 6.83. The third kappa shape index (κ3) is 4.15. The van der Waals surface area contributed by atoms with Gasteiger partial charge in [-0.3, -0.25) is 0 Å². The predicted octanol–water partition coefficient (Wildman–Crippen LogP) is 2.67. The lowest BCUT2D eigenvalue weighted by Crippen LogP contribution is -2.16. The molecule has 0 spiro atoms. The molecule has 2 rings (SSSR count). The van der Waals surface area contributed by atoms with Gasteiger partial charge in [0.05, 0.1) is 7.11 Å². The topological polar surface area (TPSA) is 35.0 Å². The maximum atomic E-state index is 5.22. The van der Waals surface area contributed by atoms with Crippen molar-refractivity contribution in [2.24, 2.45) is 5.92 Å². The Kier molecular flexibility index (Phi) is 3.72. The van der Waals surface area contributed by atoms with Gasteiger partial charge in [0.1, 0.15) is 19.6 Å². The molecule has 18 heavy (non-hydrogen) atoms. The molecule has 0 aliphatic heterocycles. The lowest BCUT2D eigenvalue weighted by atomic mass is 10.2. The van der Waals surface area contributed by atoms with E-state index in [1.807, 2.05) is 6.07 Å². The Morgan fingerprint density at radius 3 is 2.61 bits per heavy atom. The van der Waals surface area contributed by atoms with Gasteiger partial charge in [-0.1, -0.05) is 25.6 Å². The number of ether oxygens (including phenoxy) is 1. The fraction of sp³-hybridized carbons (Fsp3) is 0.571. The van der Waals surface area contributed by atoms with Crippen LogP contribution in [0.3, 0.4) is 0 Å². The van der Waals surface area contributed by atoms with Crippen molar-refractivity contribution in [3.05, 3.63) is 17.6 Å². The van der Waals surface area contributed by atoms with E-state index >= 15 is 0 Å². The molecule has 0 atom stereocenters. The van der Waals surface area contributed by atoms with Crippen LogP contribution in [0, 0.1) is 17.4 Å². The lowest BCUT2D eigenvalue weighted by Gasteiger charge is -2.05. The number of methoxy groups -OCH3 is 1. The third-order valence-electron chi connectivity index (χ3n) is 2.69. The summed E-state index contributed by atoms with van der Waals surface area (Å²) in [6.07, 6.45) is 3.56. The average Bonchev–Trinajstić information content (AvgIpc) is 3.09. The lowest BCUT2D eigenvalue weighted by molar-refractivity contribution is 0.394. The number of aromatic nitrogens is 2. The molecule has 1 aromatic rings. The normalized spacial score (nSPS) is 14.9. The highest BCUT2D eigenvalue weighted by Gasteiger charge is 2.23. The summed E-state index contributed by atoms with van der Waals surface area (Å²) in [4.78, 5) is 8.91. The van der Waals surface area contributed by atoms with Gasteiger partial charge in [0.25, 0.3) is 0 Å². The SMILES string of the molecule is COc1cc(C#C[Si](C)(C)C)nc(CC2CC2)n1. The minimum absolute atomic E-state index is 0.625. The summed E-state index contributed by atoms with van der Waals surface area (Å²) in [6.45, 7) is 6.68. The summed E-state index contributed by atoms with van der Waals surface area (Å²) >= 11 is 0. The molecule has 1 saturated carbocycles. The van der Waals surface area contributed by atoms with E-state index in [9.17, 15) is 0 Å². The predicted molar refractivity (Wildman–Crippen MR) is 75.2 cm³/mol. The molecule has 0 aromatic carbocycles. The molecule has 1 fully saturated rings. The fourth-order valence-corrected chi connectivity index (χ4v) is 2.07. The molecule has 96 valence electrons. The first-order chi connectivity index (χ1) is 8.46. The summed E-state index contributed by atoms with van der Waals surface area (Å²) in [7, 11) is 0.271. The van der Waals surface area contributed by atoms with Crippen LogP contribution >= 0.6 is 0 Å². The van der Waals surface area contributed by atoms with Gasteiger partial charge in [0, 0.05) is 12.5 Å². The summed E-state index contributed by atoms with van der Waals surface area (Å²) in [6, 6.07) is 1.82. The largest absolute Gasteiger partial charge is 0.481 e. The van der Waals surface area contributed by atoms with Crippen LogP contribution in [0.2, 0.25) is 19.6 Å². The summed E-state index contributed by atoms with van der Waals surface area (Å²) in [5.41, 5.74) is 4.12. The molecule has 0 N–H and O–H groups in total. The molecule has 4 heteroatoms. The fourth-order valence-electron chi connectivity index (χ4n) is 1.56. The Morgan fingerprint density at radius 1 is 1.33 bits per heavy atom. The van der Waals surface area contributed by atoms with Gasteiger partial charge in [0.2, 0.25) is 5.88 Å². The van der Waals surface area contributed by atoms with Crippen LogP contribution in [-0.2, 0) is 6.42 Å². The van der Waals surface area contributed by atoms with Crippen LogP contribution in [0.5, 0.6) is 5.88 Å². The van der Waals surface area contributed by atoms with E-state index in [2.05, 4.69) is 41.1 Å². The van der Waals surface area contributed by atoms with Crippen molar-refractivity contribution < 1.29 is 4.74 Å². The van der Waals surface area contributed by atoms with Gasteiger partial charge in [-0.05, 0) is 18.8 Å². The zero-order valence-corrected chi connectivity index (χ0v) is 12.6. The van der Waals surface area contributed by atoms with Crippen LogP contribution in [0.4, 0.5) is 0 Å². The molecule has 0 saturated heterocycles. The Morgan fingerprint density at radius 2 is 2.06 bits per heavy atom. The van der Waals surface area contributed by atoms with Crippen molar-refractivity contribution in [1.29, 1.82) is 0 Å². The number of hydrogen-bond donors (Lipinski definition) is 0. The van der Waals surface area contributed by atoms with Crippen molar-refractivity contribution in [3.63, 3.8) is 0 Å². The molecule has 0 bridgehead atoms. The zero-order chi connectivity index (χ0) is 13.2. The molecule has 1 aromatic heterocycles. The molecule has 0 amide bonds. The Balaban J connectivity index is 2.24. The Hall–Kier alpha value is -1.34. The number of hydrogen-bond acceptors (Lipinski definition) is 3. The monoisotopic (exact) mass is 260 g/mol. The van der Waals surface area contributed by atoms with Gasteiger partial charge in [-0.15, -0.1) is 5.54 Å². The van der Waals surface area contributed by atoms with E-state index in [1.54, 1.807) is 7.11 Å². The molecular weight excluding hydrogens is 240 g/mol. The second kappa shape index (κ2) is 5.11.